The minimum Gasteiger partial charge on any atom is -0.497 e. The van der Waals surface area contributed by atoms with E-state index in [9.17, 15) is 9.59 Å². The number of carbonyl (C=O) groups excluding carboxylic acids is 2. The van der Waals surface area contributed by atoms with Gasteiger partial charge in [0.05, 0.1) is 27.9 Å². The number of hydrogen-bond donors (Lipinski definition) is 2. The molecule has 3 aromatic carbocycles. The van der Waals surface area contributed by atoms with Crippen molar-refractivity contribution in [1.29, 1.82) is 0 Å². The van der Waals surface area contributed by atoms with Gasteiger partial charge in [-0.15, -0.1) is 0 Å². The highest BCUT2D eigenvalue weighted by Crippen LogP contribution is 2.28. The Bertz CT molecular complexity index is 1130. The van der Waals surface area contributed by atoms with Gasteiger partial charge in [-0.05, 0) is 72.8 Å². The van der Waals surface area contributed by atoms with E-state index >= 15 is 0 Å². The van der Waals surface area contributed by atoms with E-state index in [1.54, 1.807) is 69.9 Å². The normalized spacial score (nSPS) is 10.5. The second kappa shape index (κ2) is 12.4. The first-order valence-electron chi connectivity index (χ1n) is 11.2. The van der Waals surface area contributed by atoms with Crippen molar-refractivity contribution in [3.8, 4) is 17.2 Å². The largest absolute Gasteiger partial charge is 0.497 e. The maximum Gasteiger partial charge on any atom is 0.255 e. The minimum absolute atomic E-state index is 0.136. The lowest BCUT2D eigenvalue weighted by molar-refractivity contribution is -0.117. The first-order valence-corrected chi connectivity index (χ1v) is 11.2. The van der Waals surface area contributed by atoms with E-state index in [0.29, 0.717) is 47.3 Å². The van der Waals surface area contributed by atoms with E-state index in [0.717, 1.165) is 5.56 Å². The van der Waals surface area contributed by atoms with Crippen LogP contribution in [0.2, 0.25) is 0 Å². The number of ether oxygens (including phenoxy) is 3. The molecule has 0 aliphatic rings. The summed E-state index contributed by atoms with van der Waals surface area (Å²) in [6, 6.07) is 19.6. The molecule has 0 aromatic heterocycles. The van der Waals surface area contributed by atoms with E-state index in [-0.39, 0.29) is 18.4 Å². The third-order valence-electron chi connectivity index (χ3n) is 5.45. The molecular weight excluding hydrogens is 446 g/mol. The number of amides is 2. The zero-order chi connectivity index (χ0) is 25.2. The van der Waals surface area contributed by atoms with Crippen LogP contribution in [-0.2, 0) is 11.3 Å². The van der Waals surface area contributed by atoms with E-state index in [2.05, 4.69) is 10.6 Å². The van der Waals surface area contributed by atoms with Gasteiger partial charge < -0.3 is 24.8 Å². The Morgan fingerprint density at radius 2 is 1.40 bits per heavy atom. The number of methoxy groups -OCH3 is 3. The van der Waals surface area contributed by atoms with Gasteiger partial charge in [-0.3, -0.25) is 14.5 Å². The van der Waals surface area contributed by atoms with Gasteiger partial charge in [-0.1, -0.05) is 13.0 Å². The van der Waals surface area contributed by atoms with Gasteiger partial charge in [0, 0.05) is 23.5 Å². The molecule has 0 fully saturated rings. The van der Waals surface area contributed by atoms with Gasteiger partial charge in [0.25, 0.3) is 5.91 Å². The fourth-order valence-corrected chi connectivity index (χ4v) is 3.50. The van der Waals surface area contributed by atoms with Gasteiger partial charge >= 0.3 is 0 Å². The average Bonchev–Trinajstić information content (AvgIpc) is 2.88. The van der Waals surface area contributed by atoms with Crippen LogP contribution in [0.3, 0.4) is 0 Å². The highest BCUT2D eigenvalue weighted by molar-refractivity contribution is 6.04. The molecule has 8 nitrogen and oxygen atoms in total. The van der Waals surface area contributed by atoms with E-state index in [1.807, 2.05) is 30.0 Å². The molecule has 0 aliphatic carbocycles. The molecule has 0 radical (unpaired) electrons. The van der Waals surface area contributed by atoms with Crippen molar-refractivity contribution < 1.29 is 23.8 Å². The second-order valence-corrected chi connectivity index (χ2v) is 7.80. The van der Waals surface area contributed by atoms with E-state index in [4.69, 9.17) is 14.2 Å². The molecule has 3 aromatic rings. The third-order valence-corrected chi connectivity index (χ3v) is 5.45. The Morgan fingerprint density at radius 1 is 0.771 bits per heavy atom. The molecule has 184 valence electrons. The minimum atomic E-state index is -0.236. The summed E-state index contributed by atoms with van der Waals surface area (Å²) in [7, 11) is 4.78. The predicted molar refractivity (Wildman–Crippen MR) is 137 cm³/mol. The lowest BCUT2D eigenvalue weighted by Gasteiger charge is -2.20. The number of benzene rings is 3. The number of likely N-dealkylation sites (N-methyl/N-ethyl adjacent to an activating group) is 1. The quantitative estimate of drug-likeness (QED) is 0.425. The van der Waals surface area contributed by atoms with Gasteiger partial charge in [0.1, 0.15) is 5.75 Å². The summed E-state index contributed by atoms with van der Waals surface area (Å²) in [5, 5.41) is 5.73. The Kier molecular flexibility index (Phi) is 9.09. The van der Waals surface area contributed by atoms with E-state index in [1.165, 1.54) is 0 Å². The number of anilines is 2. The summed E-state index contributed by atoms with van der Waals surface area (Å²) in [6.07, 6.45) is 0. The molecule has 0 heterocycles. The summed E-state index contributed by atoms with van der Waals surface area (Å²) in [6.45, 7) is 3.52. The Labute approximate surface area is 205 Å². The molecule has 0 atom stereocenters. The van der Waals surface area contributed by atoms with Crippen LogP contribution in [0.5, 0.6) is 17.2 Å². The van der Waals surface area contributed by atoms with Gasteiger partial charge in [0.15, 0.2) is 11.5 Å². The SMILES string of the molecule is CCN(CC(=O)Nc1ccc(C(=O)Nc2ccc(OC)cc2)cc1)Cc1ccc(OC)c(OC)c1. The van der Waals surface area contributed by atoms with Crippen molar-refractivity contribution in [2.45, 2.75) is 13.5 Å². The van der Waals surface area contributed by atoms with Crippen molar-refractivity contribution in [3.63, 3.8) is 0 Å². The zero-order valence-electron chi connectivity index (χ0n) is 20.5. The van der Waals surface area contributed by atoms with Crippen LogP contribution in [0.4, 0.5) is 11.4 Å². The maximum atomic E-state index is 12.6. The van der Waals surface area contributed by atoms with Crippen LogP contribution in [0.1, 0.15) is 22.8 Å². The van der Waals surface area contributed by atoms with Gasteiger partial charge in [-0.2, -0.15) is 0 Å². The monoisotopic (exact) mass is 477 g/mol. The molecule has 2 amide bonds. The van der Waals surface area contributed by atoms with Crippen molar-refractivity contribution >= 4 is 23.2 Å². The highest BCUT2D eigenvalue weighted by Gasteiger charge is 2.13. The van der Waals surface area contributed by atoms with Gasteiger partial charge in [-0.25, -0.2) is 0 Å². The average molecular weight is 478 g/mol. The summed E-state index contributed by atoms with van der Waals surface area (Å²) >= 11 is 0. The number of rotatable bonds is 11. The van der Waals surface area contributed by atoms with Crippen molar-refractivity contribution in [3.05, 3.63) is 77.9 Å². The predicted octanol–water partition coefficient (Wildman–Crippen LogP) is 4.43. The van der Waals surface area contributed by atoms with Crippen LogP contribution in [0, 0.1) is 0 Å². The second-order valence-electron chi connectivity index (χ2n) is 7.80. The molecule has 2 N–H and O–H groups in total. The molecule has 0 bridgehead atoms. The number of nitrogens with zero attached hydrogens (tertiary/aromatic N) is 1. The zero-order valence-corrected chi connectivity index (χ0v) is 20.5. The third kappa shape index (κ3) is 7.22. The summed E-state index contributed by atoms with van der Waals surface area (Å²) < 4.78 is 15.8. The lowest BCUT2D eigenvalue weighted by atomic mass is 10.1. The van der Waals surface area contributed by atoms with Crippen LogP contribution in [0.15, 0.2) is 66.7 Å². The molecular formula is C27H31N3O5. The number of nitrogens with one attached hydrogen (secondary N) is 2. The fraction of sp³-hybridized carbons (Fsp3) is 0.259. The molecule has 35 heavy (non-hydrogen) atoms. The van der Waals surface area contributed by atoms with Gasteiger partial charge in [0.2, 0.25) is 5.91 Å². The van der Waals surface area contributed by atoms with Crippen LogP contribution >= 0.6 is 0 Å². The number of hydrogen-bond acceptors (Lipinski definition) is 6. The fourth-order valence-electron chi connectivity index (χ4n) is 3.50. The maximum absolute atomic E-state index is 12.6. The molecule has 0 aliphatic heterocycles. The summed E-state index contributed by atoms with van der Waals surface area (Å²) in [5.41, 5.74) is 2.80. The smallest absolute Gasteiger partial charge is 0.255 e. The van der Waals surface area contributed by atoms with Crippen LogP contribution < -0.4 is 24.8 Å². The molecule has 0 saturated carbocycles. The molecule has 0 unspecified atom stereocenters. The first-order chi connectivity index (χ1) is 16.9. The molecule has 0 spiro atoms. The standard InChI is InChI=1S/C27H31N3O5/c1-5-30(17-19-6-15-24(34-3)25(16-19)35-4)18-26(31)28-21-9-7-20(8-10-21)27(32)29-22-11-13-23(33-2)14-12-22/h6-16H,5,17-18H2,1-4H3,(H,28,31)(H,29,32). The summed E-state index contributed by atoms with van der Waals surface area (Å²) in [4.78, 5) is 27.1. The topological polar surface area (TPSA) is 89.1 Å². The molecule has 8 heteroatoms. The van der Waals surface area contributed by atoms with Crippen molar-refractivity contribution in [2.24, 2.45) is 0 Å². The first kappa shape index (κ1) is 25.6. The Balaban J connectivity index is 1.54. The Morgan fingerprint density at radius 3 is 2.00 bits per heavy atom. The van der Waals surface area contributed by atoms with Crippen molar-refractivity contribution in [1.82, 2.24) is 4.90 Å². The molecule has 3 rings (SSSR count). The highest BCUT2D eigenvalue weighted by atomic mass is 16.5. The number of carbonyl (C=O) groups is 2. The van der Waals surface area contributed by atoms with Crippen molar-refractivity contribution in [2.75, 3.05) is 45.1 Å². The van der Waals surface area contributed by atoms with Crippen LogP contribution in [0.25, 0.3) is 0 Å². The molecule has 0 saturated heterocycles. The lowest BCUT2D eigenvalue weighted by Crippen LogP contribution is -2.32. The van der Waals surface area contributed by atoms with Crippen LogP contribution in [-0.4, -0.2) is 51.1 Å². The van der Waals surface area contributed by atoms with E-state index < -0.39 is 0 Å². The summed E-state index contributed by atoms with van der Waals surface area (Å²) in [5.74, 6) is 1.66. The Hall–Kier alpha value is -4.04.